The summed E-state index contributed by atoms with van der Waals surface area (Å²) in [6.45, 7) is 0. The first-order valence-corrected chi connectivity index (χ1v) is 5.38. The molecule has 0 saturated carbocycles. The predicted octanol–water partition coefficient (Wildman–Crippen LogP) is 3.21. The Morgan fingerprint density at radius 3 is 2.69 bits per heavy atom. The van der Waals surface area contributed by atoms with E-state index in [0.717, 1.165) is 0 Å². The molecule has 0 saturated heterocycles. The molecule has 0 radical (unpaired) electrons. The lowest BCUT2D eigenvalue weighted by molar-refractivity contribution is 0.103. The summed E-state index contributed by atoms with van der Waals surface area (Å²) in [5.74, 6) is -0.612. The average molecular weight is 280 g/mol. The molecule has 0 aliphatic carbocycles. The minimum absolute atomic E-state index is 0.221. The Labute approximate surface area is 100 Å². The van der Waals surface area contributed by atoms with Gasteiger partial charge < -0.3 is 0 Å². The van der Waals surface area contributed by atoms with Gasteiger partial charge in [0.15, 0.2) is 0 Å². The Bertz CT molecular complexity index is 528. The van der Waals surface area contributed by atoms with Crippen molar-refractivity contribution in [3.63, 3.8) is 0 Å². The van der Waals surface area contributed by atoms with Crippen molar-refractivity contribution in [2.75, 3.05) is 0 Å². The molecule has 0 bridgehead atoms. The van der Waals surface area contributed by atoms with E-state index in [0.29, 0.717) is 11.3 Å². The third kappa shape index (κ3) is 2.17. The van der Waals surface area contributed by atoms with E-state index >= 15 is 0 Å². The van der Waals surface area contributed by atoms with Crippen molar-refractivity contribution in [1.29, 1.82) is 0 Å². The third-order valence-corrected chi connectivity index (χ3v) is 2.69. The summed E-state index contributed by atoms with van der Waals surface area (Å²) >= 11 is 3.04. The Morgan fingerprint density at radius 1 is 1.25 bits per heavy atom. The minimum Gasteiger partial charge on any atom is -0.287 e. The molecule has 0 spiro atoms. The molecule has 4 heteroatoms. The zero-order chi connectivity index (χ0) is 11.5. The second-order valence-electron chi connectivity index (χ2n) is 3.17. The fourth-order valence-electron chi connectivity index (χ4n) is 1.28. The van der Waals surface area contributed by atoms with Crippen LogP contribution in [0.1, 0.15) is 16.1 Å². The molecule has 2 aromatic rings. The molecule has 0 fully saturated rings. The predicted molar refractivity (Wildman–Crippen MR) is 61.8 cm³/mol. The van der Waals surface area contributed by atoms with Gasteiger partial charge in [-0.25, -0.2) is 4.39 Å². The van der Waals surface area contributed by atoms with Crippen LogP contribution in [-0.4, -0.2) is 10.8 Å². The highest BCUT2D eigenvalue weighted by Gasteiger charge is 2.11. The van der Waals surface area contributed by atoms with Gasteiger partial charge in [0.2, 0.25) is 5.78 Å². The zero-order valence-corrected chi connectivity index (χ0v) is 9.74. The quantitative estimate of drug-likeness (QED) is 0.790. The van der Waals surface area contributed by atoms with E-state index in [2.05, 4.69) is 20.9 Å². The number of pyridine rings is 1. The standard InChI is InChI=1S/C12H7BrFNO/c13-9-7-8(4-5-10(9)14)12(16)11-3-1-2-6-15-11/h1-7H. The first kappa shape index (κ1) is 11.0. The van der Waals surface area contributed by atoms with Gasteiger partial charge in [-0.1, -0.05) is 6.07 Å². The van der Waals surface area contributed by atoms with Crippen molar-refractivity contribution in [1.82, 2.24) is 4.98 Å². The molecule has 0 amide bonds. The van der Waals surface area contributed by atoms with E-state index in [1.54, 1.807) is 24.4 Å². The van der Waals surface area contributed by atoms with E-state index in [1.165, 1.54) is 18.2 Å². The molecule has 0 N–H and O–H groups in total. The third-order valence-electron chi connectivity index (χ3n) is 2.08. The summed E-state index contributed by atoms with van der Waals surface area (Å²) in [7, 11) is 0. The number of carbonyl (C=O) groups is 1. The molecule has 1 aromatic carbocycles. The lowest BCUT2D eigenvalue weighted by atomic mass is 10.1. The maximum absolute atomic E-state index is 13.0. The normalized spacial score (nSPS) is 10.1. The number of hydrogen-bond acceptors (Lipinski definition) is 2. The van der Waals surface area contributed by atoms with Crippen molar-refractivity contribution in [3.05, 3.63) is 64.1 Å². The van der Waals surface area contributed by atoms with Gasteiger partial charge in [0.05, 0.1) is 4.47 Å². The summed E-state index contributed by atoms with van der Waals surface area (Å²) in [6.07, 6.45) is 1.55. The van der Waals surface area contributed by atoms with Crippen LogP contribution in [0.3, 0.4) is 0 Å². The molecule has 0 atom stereocenters. The van der Waals surface area contributed by atoms with Crippen LogP contribution < -0.4 is 0 Å². The summed E-state index contributed by atoms with van der Waals surface area (Å²) < 4.78 is 13.3. The fraction of sp³-hybridized carbons (Fsp3) is 0. The average Bonchev–Trinajstić information content (AvgIpc) is 2.33. The number of halogens is 2. The molecule has 16 heavy (non-hydrogen) atoms. The maximum Gasteiger partial charge on any atom is 0.211 e. The monoisotopic (exact) mass is 279 g/mol. The molecule has 80 valence electrons. The highest BCUT2D eigenvalue weighted by atomic mass is 79.9. The number of benzene rings is 1. The van der Waals surface area contributed by atoms with Gasteiger partial charge in [-0.3, -0.25) is 9.78 Å². The lowest BCUT2D eigenvalue weighted by Crippen LogP contribution is -2.03. The van der Waals surface area contributed by atoms with E-state index in [-0.39, 0.29) is 10.3 Å². The molecular formula is C12H7BrFNO. The van der Waals surface area contributed by atoms with Crippen molar-refractivity contribution in [2.24, 2.45) is 0 Å². The number of nitrogens with zero attached hydrogens (tertiary/aromatic N) is 1. The summed E-state index contributed by atoms with van der Waals surface area (Å²) in [4.78, 5) is 15.9. The van der Waals surface area contributed by atoms with Crippen LogP contribution in [0.25, 0.3) is 0 Å². The highest BCUT2D eigenvalue weighted by molar-refractivity contribution is 9.10. The van der Waals surface area contributed by atoms with Crippen LogP contribution in [0.5, 0.6) is 0 Å². The number of rotatable bonds is 2. The van der Waals surface area contributed by atoms with E-state index in [4.69, 9.17) is 0 Å². The van der Waals surface area contributed by atoms with Gasteiger partial charge in [0.1, 0.15) is 11.5 Å². The number of aromatic nitrogens is 1. The molecule has 1 aromatic heterocycles. The van der Waals surface area contributed by atoms with Gasteiger partial charge in [0, 0.05) is 11.8 Å². The van der Waals surface area contributed by atoms with Crippen LogP contribution >= 0.6 is 15.9 Å². The molecule has 2 rings (SSSR count). The van der Waals surface area contributed by atoms with Gasteiger partial charge in [-0.2, -0.15) is 0 Å². The summed E-state index contributed by atoms with van der Waals surface area (Å²) in [6, 6.07) is 9.24. The molecular weight excluding hydrogens is 273 g/mol. The topological polar surface area (TPSA) is 30.0 Å². The minimum atomic E-state index is -0.391. The molecule has 1 heterocycles. The van der Waals surface area contributed by atoms with Gasteiger partial charge in [-0.15, -0.1) is 0 Å². The Hall–Kier alpha value is -1.55. The number of carbonyl (C=O) groups excluding carboxylic acids is 1. The second kappa shape index (κ2) is 4.53. The largest absolute Gasteiger partial charge is 0.287 e. The van der Waals surface area contributed by atoms with Gasteiger partial charge in [0.25, 0.3) is 0 Å². The van der Waals surface area contributed by atoms with E-state index in [1.807, 2.05) is 0 Å². The van der Waals surface area contributed by atoms with Crippen LogP contribution in [0.15, 0.2) is 47.1 Å². The summed E-state index contributed by atoms with van der Waals surface area (Å²) in [5.41, 5.74) is 0.757. The Balaban J connectivity index is 2.39. The van der Waals surface area contributed by atoms with Crippen LogP contribution in [0.4, 0.5) is 4.39 Å². The van der Waals surface area contributed by atoms with Gasteiger partial charge >= 0.3 is 0 Å². The van der Waals surface area contributed by atoms with E-state index < -0.39 is 5.82 Å². The van der Waals surface area contributed by atoms with Crippen molar-refractivity contribution in [3.8, 4) is 0 Å². The molecule has 0 aliphatic heterocycles. The van der Waals surface area contributed by atoms with Crippen LogP contribution in [-0.2, 0) is 0 Å². The maximum atomic E-state index is 13.0. The van der Waals surface area contributed by atoms with Crippen LogP contribution in [0, 0.1) is 5.82 Å². The highest BCUT2D eigenvalue weighted by Crippen LogP contribution is 2.18. The molecule has 2 nitrogen and oxygen atoms in total. The SMILES string of the molecule is O=C(c1ccc(F)c(Br)c1)c1ccccn1. The fourth-order valence-corrected chi connectivity index (χ4v) is 1.66. The Morgan fingerprint density at radius 2 is 2.06 bits per heavy atom. The van der Waals surface area contributed by atoms with Gasteiger partial charge in [-0.05, 0) is 46.3 Å². The first-order valence-electron chi connectivity index (χ1n) is 4.59. The van der Waals surface area contributed by atoms with Crippen molar-refractivity contribution in [2.45, 2.75) is 0 Å². The van der Waals surface area contributed by atoms with Crippen molar-refractivity contribution >= 4 is 21.7 Å². The van der Waals surface area contributed by atoms with Crippen LogP contribution in [0.2, 0.25) is 0 Å². The second-order valence-corrected chi connectivity index (χ2v) is 4.03. The lowest BCUT2D eigenvalue weighted by Gasteiger charge is -2.01. The van der Waals surface area contributed by atoms with Crippen molar-refractivity contribution < 1.29 is 9.18 Å². The Kier molecular flexibility index (Phi) is 3.10. The molecule has 0 aliphatic rings. The van der Waals surface area contributed by atoms with E-state index in [9.17, 15) is 9.18 Å². The molecule has 0 unspecified atom stereocenters. The number of ketones is 1. The summed E-state index contributed by atoms with van der Waals surface area (Å²) in [5, 5.41) is 0. The smallest absolute Gasteiger partial charge is 0.211 e. The zero-order valence-electron chi connectivity index (χ0n) is 8.15. The number of hydrogen-bond donors (Lipinski definition) is 0. The first-order chi connectivity index (χ1) is 7.68.